The van der Waals surface area contributed by atoms with Gasteiger partial charge in [-0.05, 0) is 40.9 Å². The number of amides is 1. The molecule has 1 aliphatic carbocycles. The first-order valence-corrected chi connectivity index (χ1v) is 5.00. The minimum absolute atomic E-state index is 0.0341. The first kappa shape index (κ1) is 8.81. The van der Waals surface area contributed by atoms with Crippen molar-refractivity contribution in [3.05, 3.63) is 22.6 Å². The van der Waals surface area contributed by atoms with Crippen LogP contribution in [-0.2, 0) is 0 Å². The lowest BCUT2D eigenvalue weighted by atomic mass is 10.4. The van der Waals surface area contributed by atoms with Crippen molar-refractivity contribution in [2.75, 3.05) is 7.05 Å². The van der Waals surface area contributed by atoms with Crippen LogP contribution in [0.3, 0.4) is 0 Å². The lowest BCUT2D eigenvalue weighted by molar-refractivity contribution is 0.0752. The molecule has 1 fully saturated rings. The van der Waals surface area contributed by atoms with Crippen LogP contribution in [0.5, 0.6) is 0 Å². The molecular formula is C9H10BrNO2. The van der Waals surface area contributed by atoms with E-state index in [-0.39, 0.29) is 5.91 Å². The van der Waals surface area contributed by atoms with Gasteiger partial charge in [-0.25, -0.2) is 0 Å². The first-order chi connectivity index (χ1) is 6.18. The summed E-state index contributed by atoms with van der Waals surface area (Å²) in [7, 11) is 1.82. The van der Waals surface area contributed by atoms with Crippen molar-refractivity contribution in [1.29, 1.82) is 0 Å². The largest absolute Gasteiger partial charge is 0.444 e. The van der Waals surface area contributed by atoms with Gasteiger partial charge in [0.05, 0.1) is 0 Å². The Hall–Kier alpha value is -0.770. The molecule has 2 rings (SSSR count). The molecule has 0 aliphatic heterocycles. The second-order valence-electron chi connectivity index (χ2n) is 3.25. The fourth-order valence-electron chi connectivity index (χ4n) is 1.23. The molecule has 0 saturated heterocycles. The van der Waals surface area contributed by atoms with Crippen LogP contribution in [0.2, 0.25) is 0 Å². The summed E-state index contributed by atoms with van der Waals surface area (Å²) in [6.45, 7) is 0. The van der Waals surface area contributed by atoms with E-state index in [2.05, 4.69) is 15.9 Å². The molecule has 0 bridgehead atoms. The lowest BCUT2D eigenvalue weighted by Crippen LogP contribution is -2.28. The zero-order valence-corrected chi connectivity index (χ0v) is 8.87. The molecule has 1 aromatic rings. The standard InChI is InChI=1S/C9H10BrNO2/c1-11(6-2-3-6)9(12)7-4-5-8(10)13-7/h4-6H,2-3H2,1H3. The second-order valence-corrected chi connectivity index (χ2v) is 4.03. The molecule has 0 radical (unpaired) electrons. The molecule has 3 nitrogen and oxygen atoms in total. The Bertz CT molecular complexity index is 330. The van der Waals surface area contributed by atoms with E-state index in [0.29, 0.717) is 16.5 Å². The van der Waals surface area contributed by atoms with Gasteiger partial charge in [0.25, 0.3) is 5.91 Å². The van der Waals surface area contributed by atoms with E-state index in [0.717, 1.165) is 12.8 Å². The molecule has 1 heterocycles. The predicted octanol–water partition coefficient (Wildman–Crippen LogP) is 2.28. The maximum absolute atomic E-state index is 11.7. The molecule has 0 N–H and O–H groups in total. The van der Waals surface area contributed by atoms with Gasteiger partial charge < -0.3 is 9.32 Å². The van der Waals surface area contributed by atoms with Gasteiger partial charge in [0.1, 0.15) is 0 Å². The summed E-state index contributed by atoms with van der Waals surface area (Å²) in [5.74, 6) is 0.370. The molecule has 0 unspecified atom stereocenters. The Kier molecular flexibility index (Phi) is 2.15. The van der Waals surface area contributed by atoms with Gasteiger partial charge in [0.15, 0.2) is 10.4 Å². The fraction of sp³-hybridized carbons (Fsp3) is 0.444. The van der Waals surface area contributed by atoms with Gasteiger partial charge in [-0.3, -0.25) is 4.79 Å². The van der Waals surface area contributed by atoms with Crippen molar-refractivity contribution in [3.8, 4) is 0 Å². The van der Waals surface area contributed by atoms with Crippen LogP contribution in [-0.4, -0.2) is 23.9 Å². The molecule has 70 valence electrons. The Morgan fingerprint density at radius 2 is 2.31 bits per heavy atom. The molecule has 1 saturated carbocycles. The van der Waals surface area contributed by atoms with Crippen LogP contribution in [0.15, 0.2) is 21.2 Å². The van der Waals surface area contributed by atoms with Crippen molar-refractivity contribution in [2.24, 2.45) is 0 Å². The monoisotopic (exact) mass is 243 g/mol. The smallest absolute Gasteiger partial charge is 0.289 e. The van der Waals surface area contributed by atoms with Crippen molar-refractivity contribution in [1.82, 2.24) is 4.90 Å². The fourth-order valence-corrected chi connectivity index (χ4v) is 1.54. The molecule has 4 heteroatoms. The highest BCUT2D eigenvalue weighted by molar-refractivity contribution is 9.10. The quantitative estimate of drug-likeness (QED) is 0.799. The molecular weight excluding hydrogens is 234 g/mol. The number of nitrogens with zero attached hydrogens (tertiary/aromatic N) is 1. The average molecular weight is 244 g/mol. The van der Waals surface area contributed by atoms with E-state index in [9.17, 15) is 4.79 Å². The Morgan fingerprint density at radius 1 is 1.62 bits per heavy atom. The number of hydrogen-bond acceptors (Lipinski definition) is 2. The van der Waals surface area contributed by atoms with Crippen LogP contribution in [0.1, 0.15) is 23.4 Å². The van der Waals surface area contributed by atoms with E-state index in [4.69, 9.17) is 4.42 Å². The maximum Gasteiger partial charge on any atom is 0.289 e. The number of carbonyl (C=O) groups excluding carboxylic acids is 1. The van der Waals surface area contributed by atoms with E-state index in [1.807, 2.05) is 7.05 Å². The Balaban J connectivity index is 2.11. The Morgan fingerprint density at radius 3 is 2.77 bits per heavy atom. The zero-order valence-electron chi connectivity index (χ0n) is 7.29. The minimum atomic E-state index is -0.0341. The van der Waals surface area contributed by atoms with E-state index in [1.165, 1.54) is 0 Å². The molecule has 1 aliphatic rings. The molecule has 0 spiro atoms. The lowest BCUT2D eigenvalue weighted by Gasteiger charge is -2.13. The zero-order chi connectivity index (χ0) is 9.42. The molecule has 1 aromatic heterocycles. The highest BCUT2D eigenvalue weighted by Crippen LogP contribution is 2.27. The van der Waals surface area contributed by atoms with Gasteiger partial charge in [-0.15, -0.1) is 0 Å². The highest BCUT2D eigenvalue weighted by atomic mass is 79.9. The predicted molar refractivity (Wildman–Crippen MR) is 51.5 cm³/mol. The van der Waals surface area contributed by atoms with Crippen molar-refractivity contribution < 1.29 is 9.21 Å². The molecule has 0 atom stereocenters. The topological polar surface area (TPSA) is 33.5 Å². The molecule has 13 heavy (non-hydrogen) atoms. The summed E-state index contributed by atoms with van der Waals surface area (Å²) in [6, 6.07) is 3.84. The van der Waals surface area contributed by atoms with Crippen molar-refractivity contribution in [2.45, 2.75) is 18.9 Å². The molecule has 0 aromatic carbocycles. The van der Waals surface area contributed by atoms with E-state index >= 15 is 0 Å². The third-order valence-corrected chi connectivity index (χ3v) is 2.63. The summed E-state index contributed by atoms with van der Waals surface area (Å²) >= 11 is 3.16. The van der Waals surface area contributed by atoms with Crippen LogP contribution >= 0.6 is 15.9 Å². The SMILES string of the molecule is CN(C(=O)c1ccc(Br)o1)C1CC1. The summed E-state index contributed by atoms with van der Waals surface area (Å²) in [4.78, 5) is 13.4. The summed E-state index contributed by atoms with van der Waals surface area (Å²) in [5.41, 5.74) is 0. The van der Waals surface area contributed by atoms with Gasteiger partial charge in [0.2, 0.25) is 0 Å². The number of hydrogen-bond donors (Lipinski definition) is 0. The normalized spacial score (nSPS) is 15.8. The van der Waals surface area contributed by atoms with Gasteiger partial charge in [-0.2, -0.15) is 0 Å². The van der Waals surface area contributed by atoms with Gasteiger partial charge in [0, 0.05) is 13.1 Å². The van der Waals surface area contributed by atoms with Crippen LogP contribution in [0.25, 0.3) is 0 Å². The number of rotatable bonds is 2. The third kappa shape index (κ3) is 1.77. The van der Waals surface area contributed by atoms with Crippen LogP contribution < -0.4 is 0 Å². The number of carbonyl (C=O) groups is 1. The number of furan rings is 1. The highest BCUT2D eigenvalue weighted by Gasteiger charge is 2.31. The maximum atomic E-state index is 11.7. The van der Waals surface area contributed by atoms with Crippen LogP contribution in [0, 0.1) is 0 Å². The summed E-state index contributed by atoms with van der Waals surface area (Å²) < 4.78 is 5.77. The Labute approximate surface area is 84.8 Å². The average Bonchev–Trinajstić information content (AvgIpc) is 2.87. The molecule has 1 amide bonds. The summed E-state index contributed by atoms with van der Waals surface area (Å²) in [6.07, 6.45) is 2.23. The number of halogens is 1. The minimum Gasteiger partial charge on any atom is -0.444 e. The van der Waals surface area contributed by atoms with Crippen molar-refractivity contribution in [3.63, 3.8) is 0 Å². The van der Waals surface area contributed by atoms with E-state index in [1.54, 1.807) is 17.0 Å². The van der Waals surface area contributed by atoms with Crippen LogP contribution in [0.4, 0.5) is 0 Å². The van der Waals surface area contributed by atoms with Gasteiger partial charge >= 0.3 is 0 Å². The first-order valence-electron chi connectivity index (χ1n) is 4.21. The summed E-state index contributed by atoms with van der Waals surface area (Å²) in [5, 5.41) is 0. The van der Waals surface area contributed by atoms with Gasteiger partial charge in [-0.1, -0.05) is 0 Å². The third-order valence-electron chi connectivity index (χ3n) is 2.20. The second kappa shape index (κ2) is 3.18. The van der Waals surface area contributed by atoms with E-state index < -0.39 is 0 Å². The van der Waals surface area contributed by atoms with Crippen molar-refractivity contribution >= 4 is 21.8 Å².